The molecule has 5 heteroatoms. The molecule has 0 fully saturated rings. The van der Waals surface area contributed by atoms with Crippen molar-refractivity contribution in [3.8, 4) is 0 Å². The number of nitrogens with one attached hydrogen (secondary N) is 1. The summed E-state index contributed by atoms with van der Waals surface area (Å²) >= 11 is 1.81. The molecule has 0 aromatic carbocycles. The number of nitrogens with zero attached hydrogens (tertiary/aromatic N) is 1. The van der Waals surface area contributed by atoms with Crippen LogP contribution in [0.5, 0.6) is 0 Å². The van der Waals surface area contributed by atoms with Crippen LogP contribution in [-0.2, 0) is 9.47 Å². The van der Waals surface area contributed by atoms with Crippen LogP contribution in [0.1, 0.15) is 31.7 Å². The molecule has 1 heterocycles. The smallest absolute Gasteiger partial charge is 0.0593 e. The van der Waals surface area contributed by atoms with Gasteiger partial charge in [-0.25, -0.2) is 0 Å². The molecule has 1 atom stereocenters. The average Bonchev–Trinajstić information content (AvgIpc) is 3.01. The quantitative estimate of drug-likeness (QED) is 0.568. The second-order valence-electron chi connectivity index (χ2n) is 4.93. The van der Waals surface area contributed by atoms with Crippen LogP contribution in [0, 0.1) is 0 Å². The van der Waals surface area contributed by atoms with Gasteiger partial charge in [-0.3, -0.25) is 4.90 Å². The lowest BCUT2D eigenvalue weighted by molar-refractivity contribution is 0.0830. The summed E-state index contributed by atoms with van der Waals surface area (Å²) in [5.41, 5.74) is 0. The highest BCUT2D eigenvalue weighted by atomic mass is 32.1. The van der Waals surface area contributed by atoms with Gasteiger partial charge in [0.25, 0.3) is 0 Å². The minimum atomic E-state index is 0.422. The zero-order valence-electron chi connectivity index (χ0n) is 13.6. The summed E-state index contributed by atoms with van der Waals surface area (Å²) in [6.45, 7) is 13.4. The van der Waals surface area contributed by atoms with E-state index in [0.29, 0.717) is 6.04 Å². The van der Waals surface area contributed by atoms with Crippen LogP contribution < -0.4 is 5.32 Å². The maximum absolute atomic E-state index is 5.46. The van der Waals surface area contributed by atoms with E-state index >= 15 is 0 Å². The molecule has 0 spiro atoms. The largest absolute Gasteiger partial charge is 0.380 e. The molecule has 0 saturated heterocycles. The molecular weight excluding hydrogens is 284 g/mol. The van der Waals surface area contributed by atoms with Gasteiger partial charge in [0.05, 0.1) is 13.2 Å². The fraction of sp³-hybridized carbons (Fsp3) is 0.750. The van der Waals surface area contributed by atoms with Crippen molar-refractivity contribution >= 4 is 11.3 Å². The molecule has 0 saturated carbocycles. The SMILES string of the molecule is CCOCCN(CCNC(C)c1cccs1)CCOCC. The molecule has 1 aromatic rings. The van der Waals surface area contributed by atoms with E-state index in [1.165, 1.54) is 4.88 Å². The lowest BCUT2D eigenvalue weighted by atomic mass is 10.3. The van der Waals surface area contributed by atoms with Gasteiger partial charge in [-0.2, -0.15) is 0 Å². The summed E-state index contributed by atoms with van der Waals surface area (Å²) in [7, 11) is 0. The van der Waals surface area contributed by atoms with Crippen molar-refractivity contribution in [2.75, 3.05) is 52.6 Å². The van der Waals surface area contributed by atoms with Crippen molar-refractivity contribution in [3.05, 3.63) is 22.4 Å². The van der Waals surface area contributed by atoms with Crippen molar-refractivity contribution in [2.45, 2.75) is 26.8 Å². The van der Waals surface area contributed by atoms with Crippen molar-refractivity contribution in [1.82, 2.24) is 10.2 Å². The monoisotopic (exact) mass is 314 g/mol. The lowest BCUT2D eigenvalue weighted by Gasteiger charge is -2.23. The minimum Gasteiger partial charge on any atom is -0.380 e. The minimum absolute atomic E-state index is 0.422. The predicted octanol–water partition coefficient (Wildman–Crippen LogP) is 2.77. The van der Waals surface area contributed by atoms with Gasteiger partial charge >= 0.3 is 0 Å². The molecule has 1 unspecified atom stereocenters. The number of hydrogen-bond donors (Lipinski definition) is 1. The first-order valence-corrected chi connectivity index (χ1v) is 8.80. The average molecular weight is 314 g/mol. The second kappa shape index (κ2) is 12.1. The topological polar surface area (TPSA) is 33.7 Å². The van der Waals surface area contributed by atoms with E-state index in [0.717, 1.165) is 52.6 Å². The van der Waals surface area contributed by atoms with E-state index < -0.39 is 0 Å². The van der Waals surface area contributed by atoms with Gasteiger partial charge in [-0.15, -0.1) is 11.3 Å². The summed E-state index contributed by atoms with van der Waals surface area (Å²) in [4.78, 5) is 3.80. The third-order valence-electron chi connectivity index (χ3n) is 3.36. The number of rotatable bonds is 13. The molecule has 1 aromatic heterocycles. The Bertz CT molecular complexity index is 323. The normalized spacial score (nSPS) is 13.0. The fourth-order valence-corrected chi connectivity index (χ4v) is 2.85. The summed E-state index contributed by atoms with van der Waals surface area (Å²) < 4.78 is 10.9. The fourth-order valence-electron chi connectivity index (χ4n) is 2.09. The Hall–Kier alpha value is -0.460. The molecule has 0 aliphatic carbocycles. The van der Waals surface area contributed by atoms with Crippen LogP contribution in [0.4, 0.5) is 0 Å². The standard InChI is InChI=1S/C16H30N2O2S/c1-4-19-12-10-18(11-13-20-5-2)9-8-17-15(3)16-7-6-14-21-16/h6-7,14-15,17H,4-5,8-13H2,1-3H3. The third-order valence-corrected chi connectivity index (χ3v) is 4.42. The molecule has 1 N–H and O–H groups in total. The van der Waals surface area contributed by atoms with Crippen LogP contribution in [0.3, 0.4) is 0 Å². The van der Waals surface area contributed by atoms with Gasteiger partial charge in [0.15, 0.2) is 0 Å². The van der Waals surface area contributed by atoms with Crippen molar-refractivity contribution in [3.63, 3.8) is 0 Å². The zero-order valence-corrected chi connectivity index (χ0v) is 14.5. The van der Waals surface area contributed by atoms with Gasteiger partial charge in [0.1, 0.15) is 0 Å². The molecule has 0 bridgehead atoms. The number of hydrogen-bond acceptors (Lipinski definition) is 5. The second-order valence-corrected chi connectivity index (χ2v) is 5.91. The Labute approximate surface area is 133 Å². The van der Waals surface area contributed by atoms with Crippen molar-refractivity contribution in [1.29, 1.82) is 0 Å². The molecule has 0 aliphatic rings. The first kappa shape index (κ1) is 18.6. The summed E-state index contributed by atoms with van der Waals surface area (Å²) in [5, 5.41) is 5.71. The Kier molecular flexibility index (Phi) is 10.7. The van der Waals surface area contributed by atoms with Crippen LogP contribution >= 0.6 is 11.3 Å². The van der Waals surface area contributed by atoms with Crippen LogP contribution in [0.25, 0.3) is 0 Å². The van der Waals surface area contributed by atoms with Crippen LogP contribution in [-0.4, -0.2) is 57.5 Å². The molecule has 0 amide bonds. The first-order valence-electron chi connectivity index (χ1n) is 7.92. The molecule has 0 radical (unpaired) electrons. The first-order chi connectivity index (χ1) is 10.3. The number of thiophene rings is 1. The Balaban J connectivity index is 2.23. The van der Waals surface area contributed by atoms with E-state index in [4.69, 9.17) is 9.47 Å². The third kappa shape index (κ3) is 8.53. The lowest BCUT2D eigenvalue weighted by Crippen LogP contribution is -2.37. The van der Waals surface area contributed by atoms with Gasteiger partial charge < -0.3 is 14.8 Å². The Morgan fingerprint density at radius 2 is 1.81 bits per heavy atom. The van der Waals surface area contributed by atoms with Gasteiger partial charge in [-0.05, 0) is 32.2 Å². The Morgan fingerprint density at radius 1 is 1.14 bits per heavy atom. The molecule has 4 nitrogen and oxygen atoms in total. The number of ether oxygens (including phenoxy) is 2. The maximum atomic E-state index is 5.46. The predicted molar refractivity (Wildman–Crippen MR) is 90.2 cm³/mol. The molecule has 21 heavy (non-hydrogen) atoms. The van der Waals surface area contributed by atoms with Crippen LogP contribution in [0.2, 0.25) is 0 Å². The zero-order chi connectivity index (χ0) is 15.3. The van der Waals surface area contributed by atoms with E-state index in [1.807, 2.05) is 25.2 Å². The highest BCUT2D eigenvalue weighted by molar-refractivity contribution is 7.10. The maximum Gasteiger partial charge on any atom is 0.0593 e. The molecule has 0 aliphatic heterocycles. The van der Waals surface area contributed by atoms with Gasteiger partial charge in [-0.1, -0.05) is 6.07 Å². The molecular formula is C16H30N2O2S. The van der Waals surface area contributed by atoms with Gasteiger partial charge in [0, 0.05) is 50.3 Å². The molecule has 122 valence electrons. The van der Waals surface area contributed by atoms with Crippen molar-refractivity contribution in [2.24, 2.45) is 0 Å². The van der Waals surface area contributed by atoms with E-state index in [-0.39, 0.29) is 0 Å². The van der Waals surface area contributed by atoms with E-state index in [2.05, 4.69) is 34.7 Å². The Morgan fingerprint density at radius 3 is 2.33 bits per heavy atom. The van der Waals surface area contributed by atoms with Crippen molar-refractivity contribution < 1.29 is 9.47 Å². The summed E-state index contributed by atoms with van der Waals surface area (Å²) in [5.74, 6) is 0. The summed E-state index contributed by atoms with van der Waals surface area (Å²) in [6.07, 6.45) is 0. The highest BCUT2D eigenvalue weighted by Gasteiger charge is 2.08. The molecule has 1 rings (SSSR count). The van der Waals surface area contributed by atoms with Crippen LogP contribution in [0.15, 0.2) is 17.5 Å². The highest BCUT2D eigenvalue weighted by Crippen LogP contribution is 2.17. The van der Waals surface area contributed by atoms with Gasteiger partial charge in [0.2, 0.25) is 0 Å². The van der Waals surface area contributed by atoms with E-state index in [1.54, 1.807) is 0 Å². The van der Waals surface area contributed by atoms with E-state index in [9.17, 15) is 0 Å². The summed E-state index contributed by atoms with van der Waals surface area (Å²) in [6, 6.07) is 4.71.